The molecule has 1 aromatic rings. The van der Waals surface area contributed by atoms with Gasteiger partial charge in [-0.2, -0.15) is 0 Å². The van der Waals surface area contributed by atoms with Crippen LogP contribution < -0.4 is 16.6 Å². The topological polar surface area (TPSA) is 84.2 Å². The molecule has 0 aromatic heterocycles. The van der Waals surface area contributed by atoms with Gasteiger partial charge in [0, 0.05) is 0 Å². The number of amides is 3. The van der Waals surface area contributed by atoms with Crippen LogP contribution in [0, 0.1) is 5.82 Å². The number of benzene rings is 1. The molecule has 0 saturated heterocycles. The Morgan fingerprint density at radius 3 is 2.60 bits per heavy atom. The molecule has 4 N–H and O–H groups in total. The number of primary amides is 1. The van der Waals surface area contributed by atoms with Crippen LogP contribution in [0.25, 0.3) is 0 Å². The lowest BCUT2D eigenvalue weighted by atomic mass is 10.2. The fourth-order valence-corrected chi connectivity index (χ4v) is 1.23. The Kier molecular flexibility index (Phi) is 3.62. The van der Waals surface area contributed by atoms with Crippen LogP contribution in [-0.4, -0.2) is 11.9 Å². The van der Waals surface area contributed by atoms with Crippen molar-refractivity contribution >= 4 is 27.9 Å². The SMILES string of the molecule is NC(=O)NNC(=O)c1cccc(Br)c1F. The van der Waals surface area contributed by atoms with Crippen LogP contribution in [0.4, 0.5) is 9.18 Å². The molecule has 0 unspecified atom stereocenters. The van der Waals surface area contributed by atoms with Crippen molar-refractivity contribution in [2.24, 2.45) is 5.73 Å². The van der Waals surface area contributed by atoms with E-state index < -0.39 is 17.8 Å². The predicted molar refractivity (Wildman–Crippen MR) is 54.3 cm³/mol. The van der Waals surface area contributed by atoms with E-state index in [4.69, 9.17) is 5.73 Å². The fourth-order valence-electron chi connectivity index (χ4n) is 0.865. The third kappa shape index (κ3) is 2.91. The quantitative estimate of drug-likeness (QED) is 0.666. The molecule has 0 atom stereocenters. The van der Waals surface area contributed by atoms with Crippen LogP contribution in [0.15, 0.2) is 22.7 Å². The van der Waals surface area contributed by atoms with Gasteiger partial charge in [0.05, 0.1) is 10.0 Å². The summed E-state index contributed by atoms with van der Waals surface area (Å²) in [6, 6.07) is 3.29. The molecule has 0 heterocycles. The van der Waals surface area contributed by atoms with E-state index in [1.54, 1.807) is 0 Å². The summed E-state index contributed by atoms with van der Waals surface area (Å²) in [5, 5.41) is 0. The van der Waals surface area contributed by atoms with Gasteiger partial charge in [-0.25, -0.2) is 14.6 Å². The van der Waals surface area contributed by atoms with Crippen LogP contribution in [0.5, 0.6) is 0 Å². The Morgan fingerprint density at radius 1 is 1.33 bits per heavy atom. The molecule has 0 aliphatic carbocycles. The number of hydrogen-bond acceptors (Lipinski definition) is 2. The molecule has 0 bridgehead atoms. The lowest BCUT2D eigenvalue weighted by Crippen LogP contribution is -2.44. The van der Waals surface area contributed by atoms with Gasteiger partial charge in [-0.3, -0.25) is 10.2 Å². The van der Waals surface area contributed by atoms with Gasteiger partial charge in [0.25, 0.3) is 5.91 Å². The number of hydrazine groups is 1. The Morgan fingerprint density at radius 2 is 2.00 bits per heavy atom. The van der Waals surface area contributed by atoms with E-state index in [-0.39, 0.29) is 10.0 Å². The highest BCUT2D eigenvalue weighted by atomic mass is 79.9. The van der Waals surface area contributed by atoms with Crippen molar-refractivity contribution in [3.05, 3.63) is 34.1 Å². The summed E-state index contributed by atoms with van der Waals surface area (Å²) < 4.78 is 13.5. The van der Waals surface area contributed by atoms with Gasteiger partial charge in [-0.15, -0.1) is 0 Å². The van der Waals surface area contributed by atoms with E-state index in [2.05, 4.69) is 15.9 Å². The van der Waals surface area contributed by atoms with Gasteiger partial charge in [0.2, 0.25) is 0 Å². The second-order valence-corrected chi connectivity index (χ2v) is 3.40. The summed E-state index contributed by atoms with van der Waals surface area (Å²) in [6.07, 6.45) is 0. The Bertz CT molecular complexity index is 411. The molecule has 0 spiro atoms. The molecule has 0 fully saturated rings. The number of carbonyl (C=O) groups is 2. The second-order valence-electron chi connectivity index (χ2n) is 2.54. The minimum Gasteiger partial charge on any atom is -0.350 e. The lowest BCUT2D eigenvalue weighted by molar-refractivity contribution is 0.0933. The zero-order valence-electron chi connectivity index (χ0n) is 7.38. The number of halogens is 2. The molecule has 0 aliphatic rings. The molecular formula is C8H7BrFN3O2. The van der Waals surface area contributed by atoms with Crippen molar-refractivity contribution in [3.63, 3.8) is 0 Å². The molecule has 15 heavy (non-hydrogen) atoms. The average molecular weight is 276 g/mol. The van der Waals surface area contributed by atoms with Crippen LogP contribution >= 0.6 is 15.9 Å². The Hall–Kier alpha value is -1.63. The highest BCUT2D eigenvalue weighted by Gasteiger charge is 2.13. The van der Waals surface area contributed by atoms with E-state index in [1.165, 1.54) is 18.2 Å². The smallest absolute Gasteiger partial charge is 0.330 e. The lowest BCUT2D eigenvalue weighted by Gasteiger charge is -2.06. The van der Waals surface area contributed by atoms with E-state index in [9.17, 15) is 14.0 Å². The van der Waals surface area contributed by atoms with Gasteiger partial charge < -0.3 is 5.73 Å². The van der Waals surface area contributed by atoms with Gasteiger partial charge in [0.1, 0.15) is 5.82 Å². The summed E-state index contributed by atoms with van der Waals surface area (Å²) in [6.45, 7) is 0. The first-order chi connectivity index (χ1) is 7.02. The second kappa shape index (κ2) is 4.74. The zero-order chi connectivity index (χ0) is 11.4. The number of carbonyl (C=O) groups excluding carboxylic acids is 2. The highest BCUT2D eigenvalue weighted by molar-refractivity contribution is 9.10. The molecule has 1 aromatic carbocycles. The standard InChI is InChI=1S/C8H7BrFN3O2/c9-5-3-1-2-4(6(5)10)7(14)12-13-8(11)15/h1-3H,(H,12,14)(H3,11,13,15). The average Bonchev–Trinajstić information content (AvgIpc) is 2.18. The summed E-state index contributed by atoms with van der Waals surface area (Å²) >= 11 is 2.93. The first-order valence-electron chi connectivity index (χ1n) is 3.82. The van der Waals surface area contributed by atoms with E-state index in [1.807, 2.05) is 10.9 Å². The van der Waals surface area contributed by atoms with Gasteiger partial charge in [-0.05, 0) is 28.1 Å². The third-order valence-electron chi connectivity index (χ3n) is 1.50. The van der Waals surface area contributed by atoms with Crippen molar-refractivity contribution in [1.82, 2.24) is 10.9 Å². The van der Waals surface area contributed by atoms with Crippen LogP contribution in [-0.2, 0) is 0 Å². The minimum atomic E-state index is -0.932. The monoisotopic (exact) mass is 275 g/mol. The maximum atomic E-state index is 13.3. The van der Waals surface area contributed by atoms with Crippen molar-refractivity contribution in [2.75, 3.05) is 0 Å². The van der Waals surface area contributed by atoms with Gasteiger partial charge >= 0.3 is 6.03 Å². The summed E-state index contributed by atoms with van der Waals surface area (Å²) in [7, 11) is 0. The summed E-state index contributed by atoms with van der Waals surface area (Å²) in [5.74, 6) is -1.49. The number of nitrogens with one attached hydrogen (secondary N) is 2. The molecule has 0 radical (unpaired) electrons. The third-order valence-corrected chi connectivity index (χ3v) is 2.11. The van der Waals surface area contributed by atoms with Crippen molar-refractivity contribution in [3.8, 4) is 0 Å². The van der Waals surface area contributed by atoms with Crippen LogP contribution in [0.2, 0.25) is 0 Å². The van der Waals surface area contributed by atoms with Crippen LogP contribution in [0.1, 0.15) is 10.4 Å². The number of nitrogens with two attached hydrogens (primary N) is 1. The molecule has 1 rings (SSSR count). The van der Waals surface area contributed by atoms with Gasteiger partial charge in [0.15, 0.2) is 0 Å². The first-order valence-corrected chi connectivity index (χ1v) is 4.61. The number of rotatable bonds is 1. The van der Waals surface area contributed by atoms with Crippen molar-refractivity contribution < 1.29 is 14.0 Å². The molecule has 80 valence electrons. The maximum Gasteiger partial charge on any atom is 0.330 e. The predicted octanol–water partition coefficient (Wildman–Crippen LogP) is 0.901. The first kappa shape index (κ1) is 11.4. The number of urea groups is 1. The number of hydrogen-bond donors (Lipinski definition) is 3. The summed E-state index contributed by atoms with van der Waals surface area (Å²) in [5.41, 5.74) is 8.31. The fraction of sp³-hybridized carbons (Fsp3) is 0. The normalized spacial score (nSPS) is 9.47. The maximum absolute atomic E-state index is 13.3. The molecule has 3 amide bonds. The molecule has 0 saturated carbocycles. The molecule has 0 aliphatic heterocycles. The molecular weight excluding hydrogens is 269 g/mol. The largest absolute Gasteiger partial charge is 0.350 e. The van der Waals surface area contributed by atoms with E-state index >= 15 is 0 Å². The Balaban J connectivity index is 2.82. The zero-order valence-corrected chi connectivity index (χ0v) is 8.97. The summed E-state index contributed by atoms with van der Waals surface area (Å²) in [4.78, 5) is 21.6. The van der Waals surface area contributed by atoms with E-state index in [0.717, 1.165) is 0 Å². The van der Waals surface area contributed by atoms with E-state index in [0.29, 0.717) is 0 Å². The van der Waals surface area contributed by atoms with Crippen LogP contribution in [0.3, 0.4) is 0 Å². The van der Waals surface area contributed by atoms with Crippen molar-refractivity contribution in [1.29, 1.82) is 0 Å². The molecule has 5 nitrogen and oxygen atoms in total. The molecule has 7 heteroatoms. The van der Waals surface area contributed by atoms with Gasteiger partial charge in [-0.1, -0.05) is 6.07 Å². The minimum absolute atomic E-state index is 0.161. The highest BCUT2D eigenvalue weighted by Crippen LogP contribution is 2.18. The Labute approximate surface area is 92.9 Å². The van der Waals surface area contributed by atoms with Crippen molar-refractivity contribution in [2.45, 2.75) is 0 Å².